The zero-order valence-electron chi connectivity index (χ0n) is 19.1. The topological polar surface area (TPSA) is 51.2 Å². The predicted molar refractivity (Wildman–Crippen MR) is 135 cm³/mol. The fourth-order valence-corrected chi connectivity index (χ4v) is 5.50. The lowest BCUT2D eigenvalue weighted by Gasteiger charge is -2.37. The maximum atomic E-state index is 13.8. The Bertz CT molecular complexity index is 1410. The lowest BCUT2D eigenvalue weighted by molar-refractivity contribution is -0.116. The van der Waals surface area contributed by atoms with Crippen molar-refractivity contribution in [3.8, 4) is 5.75 Å². The van der Waals surface area contributed by atoms with E-state index < -0.39 is 0 Å². The molecule has 1 aromatic heterocycles. The Kier molecular flexibility index (Phi) is 5.14. The van der Waals surface area contributed by atoms with E-state index in [0.717, 1.165) is 51.2 Å². The summed E-state index contributed by atoms with van der Waals surface area (Å²) >= 11 is 0. The number of aromatic nitrogens is 1. The van der Waals surface area contributed by atoms with E-state index in [9.17, 15) is 4.79 Å². The normalized spacial score (nSPS) is 19.4. The number of hydrogen-bond acceptors (Lipinski definition) is 4. The zero-order chi connectivity index (χ0) is 23.1. The summed E-state index contributed by atoms with van der Waals surface area (Å²) in [5.74, 6) is 1.10. The van der Waals surface area contributed by atoms with Crippen molar-refractivity contribution in [2.45, 2.75) is 31.6 Å². The molecule has 0 bridgehead atoms. The summed E-state index contributed by atoms with van der Waals surface area (Å²) in [5.41, 5.74) is 7.37. The lowest BCUT2D eigenvalue weighted by atomic mass is 9.71. The van der Waals surface area contributed by atoms with Crippen LogP contribution in [-0.4, -0.2) is 17.4 Å². The number of fused-ring (bicyclic) bond motifs is 3. The lowest BCUT2D eigenvalue weighted by Crippen LogP contribution is -2.30. The van der Waals surface area contributed by atoms with Crippen molar-refractivity contribution < 1.29 is 9.53 Å². The van der Waals surface area contributed by atoms with Crippen molar-refractivity contribution in [1.29, 1.82) is 0 Å². The number of anilines is 1. The van der Waals surface area contributed by atoms with E-state index in [2.05, 4.69) is 64.9 Å². The molecule has 168 valence electrons. The number of hydrogen-bond donors (Lipinski definition) is 1. The van der Waals surface area contributed by atoms with Gasteiger partial charge in [0.1, 0.15) is 5.75 Å². The summed E-state index contributed by atoms with van der Waals surface area (Å²) in [6, 6.07) is 26.8. The van der Waals surface area contributed by atoms with Crippen molar-refractivity contribution in [2.24, 2.45) is 0 Å². The number of carbonyl (C=O) groups excluding carboxylic acids is 1. The number of pyridine rings is 1. The highest BCUT2D eigenvalue weighted by atomic mass is 16.5. The molecule has 2 aliphatic rings. The minimum absolute atomic E-state index is 0.140. The van der Waals surface area contributed by atoms with Crippen LogP contribution in [0.3, 0.4) is 0 Å². The molecule has 2 atom stereocenters. The van der Waals surface area contributed by atoms with Gasteiger partial charge in [-0.1, -0.05) is 48.5 Å². The molecule has 6 rings (SSSR count). The average Bonchev–Trinajstić information content (AvgIpc) is 2.88. The van der Waals surface area contributed by atoms with Crippen LogP contribution in [0.4, 0.5) is 5.69 Å². The van der Waals surface area contributed by atoms with Crippen LogP contribution in [0.25, 0.3) is 10.9 Å². The fourth-order valence-electron chi connectivity index (χ4n) is 5.50. The van der Waals surface area contributed by atoms with Gasteiger partial charge >= 0.3 is 0 Å². The summed E-state index contributed by atoms with van der Waals surface area (Å²) < 4.78 is 5.68. The molecule has 34 heavy (non-hydrogen) atoms. The first-order valence-corrected chi connectivity index (χ1v) is 11.9. The molecular weight excluding hydrogens is 420 g/mol. The maximum absolute atomic E-state index is 13.8. The first kappa shape index (κ1) is 20.7. The Labute approximate surface area is 199 Å². The second-order valence-electron chi connectivity index (χ2n) is 8.99. The van der Waals surface area contributed by atoms with Gasteiger partial charge in [0.25, 0.3) is 0 Å². The first-order chi connectivity index (χ1) is 16.7. The minimum atomic E-state index is -0.140. The van der Waals surface area contributed by atoms with Crippen molar-refractivity contribution in [3.05, 3.63) is 113 Å². The van der Waals surface area contributed by atoms with Crippen LogP contribution in [-0.2, 0) is 4.79 Å². The fraction of sp³-hybridized carbons (Fsp3) is 0.200. The molecule has 0 spiro atoms. The summed E-state index contributed by atoms with van der Waals surface area (Å²) in [7, 11) is 0. The maximum Gasteiger partial charge on any atom is 0.162 e. The molecule has 1 aliphatic carbocycles. The molecule has 4 nitrogen and oxygen atoms in total. The molecule has 4 heteroatoms. The highest BCUT2D eigenvalue weighted by Crippen LogP contribution is 2.50. The average molecular weight is 447 g/mol. The number of rotatable bonds is 4. The van der Waals surface area contributed by atoms with E-state index in [1.54, 1.807) is 0 Å². The third kappa shape index (κ3) is 3.47. The Morgan fingerprint density at radius 1 is 0.912 bits per heavy atom. The highest BCUT2D eigenvalue weighted by molar-refractivity contribution is 6.04. The van der Waals surface area contributed by atoms with E-state index in [4.69, 9.17) is 4.74 Å². The summed E-state index contributed by atoms with van der Waals surface area (Å²) in [5, 5.41) is 4.74. The third-order valence-electron chi connectivity index (χ3n) is 6.99. The smallest absolute Gasteiger partial charge is 0.162 e. The summed E-state index contributed by atoms with van der Waals surface area (Å²) in [6.45, 7) is 2.61. The monoisotopic (exact) mass is 446 g/mol. The third-order valence-corrected chi connectivity index (χ3v) is 6.99. The Morgan fingerprint density at radius 3 is 2.53 bits per heavy atom. The van der Waals surface area contributed by atoms with E-state index in [1.165, 1.54) is 5.56 Å². The van der Waals surface area contributed by atoms with E-state index >= 15 is 0 Å². The van der Waals surface area contributed by atoms with E-state index in [-0.39, 0.29) is 17.6 Å². The number of carbonyl (C=O) groups is 1. The van der Waals surface area contributed by atoms with Gasteiger partial charge in [0.05, 0.1) is 12.1 Å². The molecule has 1 aliphatic heterocycles. The van der Waals surface area contributed by atoms with Gasteiger partial charge in [-0.15, -0.1) is 0 Å². The molecule has 0 radical (unpaired) electrons. The Morgan fingerprint density at radius 2 is 1.74 bits per heavy atom. The van der Waals surface area contributed by atoms with Crippen molar-refractivity contribution in [1.82, 2.24) is 4.98 Å². The molecule has 0 saturated carbocycles. The van der Waals surface area contributed by atoms with E-state index in [1.807, 2.05) is 37.4 Å². The van der Waals surface area contributed by atoms with Crippen LogP contribution in [0.2, 0.25) is 0 Å². The molecule has 2 heterocycles. The number of nitrogens with one attached hydrogen (secondary N) is 1. The standard InChI is InChI=1S/C30H26N2O2/c1-2-34-22-12-10-20(11-13-22)28-29-23-9-6-16-31-24(23)14-15-25(29)32-26-17-21(18-27(33)30(26)28)19-7-4-3-5-8-19/h3-16,21,28,32H,2,17-18H2,1H3/t21-,28+/m1/s1. The van der Waals surface area contributed by atoms with Gasteiger partial charge in [-0.2, -0.15) is 0 Å². The van der Waals surface area contributed by atoms with Gasteiger partial charge < -0.3 is 10.1 Å². The number of Topliss-reactive ketones (excluding diaryl/α,β-unsaturated/α-hetero) is 1. The Hall–Kier alpha value is -3.92. The van der Waals surface area contributed by atoms with E-state index in [0.29, 0.717) is 13.0 Å². The highest BCUT2D eigenvalue weighted by Gasteiger charge is 2.39. The van der Waals surface area contributed by atoms with Crippen LogP contribution >= 0.6 is 0 Å². The quantitative estimate of drug-likeness (QED) is 0.384. The first-order valence-electron chi connectivity index (χ1n) is 11.9. The van der Waals surface area contributed by atoms with Crippen LogP contribution in [0.1, 0.15) is 48.3 Å². The predicted octanol–water partition coefficient (Wildman–Crippen LogP) is 6.59. The zero-order valence-corrected chi connectivity index (χ0v) is 19.1. The van der Waals surface area contributed by atoms with Crippen LogP contribution in [0, 0.1) is 0 Å². The summed E-state index contributed by atoms with van der Waals surface area (Å²) in [6.07, 6.45) is 3.16. The molecule has 0 saturated heterocycles. The second-order valence-corrected chi connectivity index (χ2v) is 8.99. The minimum Gasteiger partial charge on any atom is -0.494 e. The summed E-state index contributed by atoms with van der Waals surface area (Å²) in [4.78, 5) is 18.4. The van der Waals surface area contributed by atoms with Crippen molar-refractivity contribution >= 4 is 22.4 Å². The molecule has 0 unspecified atom stereocenters. The van der Waals surface area contributed by atoms with Crippen LogP contribution < -0.4 is 10.1 Å². The SMILES string of the molecule is CCOc1ccc([C@@H]2C3=C(C[C@@H](c4ccccc4)CC3=O)Nc3ccc4ncccc4c32)cc1. The molecule has 1 N–H and O–H groups in total. The number of benzene rings is 3. The van der Waals surface area contributed by atoms with Gasteiger partial charge in [0.15, 0.2) is 5.78 Å². The number of ketones is 1. The van der Waals surface area contributed by atoms with Gasteiger partial charge in [-0.3, -0.25) is 9.78 Å². The number of allylic oxidation sites excluding steroid dienone is 2. The number of nitrogens with zero attached hydrogens (tertiary/aromatic N) is 1. The van der Waals surface area contributed by atoms with Gasteiger partial charge in [0, 0.05) is 40.9 Å². The van der Waals surface area contributed by atoms with Gasteiger partial charge in [-0.25, -0.2) is 0 Å². The molecule has 4 aromatic rings. The van der Waals surface area contributed by atoms with Gasteiger partial charge in [0.2, 0.25) is 0 Å². The Balaban J connectivity index is 1.52. The van der Waals surface area contributed by atoms with Crippen LogP contribution in [0.15, 0.2) is 96.3 Å². The molecular formula is C30H26N2O2. The van der Waals surface area contributed by atoms with Crippen molar-refractivity contribution in [3.63, 3.8) is 0 Å². The van der Waals surface area contributed by atoms with Crippen molar-refractivity contribution in [2.75, 3.05) is 11.9 Å². The number of ether oxygens (including phenoxy) is 1. The molecule has 0 amide bonds. The largest absolute Gasteiger partial charge is 0.494 e. The molecule has 3 aromatic carbocycles. The van der Waals surface area contributed by atoms with Gasteiger partial charge in [-0.05, 0) is 66.3 Å². The van der Waals surface area contributed by atoms with Crippen LogP contribution in [0.5, 0.6) is 5.75 Å². The molecule has 0 fully saturated rings. The second kappa shape index (κ2) is 8.45.